The number of anilines is 3. The van der Waals surface area contributed by atoms with Crippen LogP contribution in [0, 0.1) is 10.1 Å². The maximum Gasteiger partial charge on any atom is 0.269 e. The SMILES string of the molecule is Nc1ccc(-c2ccc(N)cc2)cc1.O=CC1CNc2ccc([N+](=O)[O-])cc21. The minimum absolute atomic E-state index is 0.0271. The molecule has 1 aliphatic rings. The molecule has 28 heavy (non-hydrogen) atoms. The first kappa shape index (κ1) is 18.9. The molecule has 5 N–H and O–H groups in total. The Hall–Kier alpha value is -3.87. The summed E-state index contributed by atoms with van der Waals surface area (Å²) < 4.78 is 0. The molecule has 1 heterocycles. The highest BCUT2D eigenvalue weighted by molar-refractivity contribution is 5.74. The Morgan fingerprint density at radius 2 is 1.46 bits per heavy atom. The van der Waals surface area contributed by atoms with E-state index < -0.39 is 4.92 Å². The van der Waals surface area contributed by atoms with E-state index in [1.165, 1.54) is 12.1 Å². The first-order valence-electron chi connectivity index (χ1n) is 8.67. The number of hydrogen-bond donors (Lipinski definition) is 3. The van der Waals surface area contributed by atoms with Gasteiger partial charge in [0.15, 0.2) is 0 Å². The third-order valence-corrected chi connectivity index (χ3v) is 4.48. The number of nitrogens with one attached hydrogen (secondary N) is 1. The Bertz CT molecular complexity index is 942. The molecule has 0 saturated heterocycles. The van der Waals surface area contributed by atoms with Crippen LogP contribution in [0.25, 0.3) is 11.1 Å². The summed E-state index contributed by atoms with van der Waals surface area (Å²) in [5, 5.41) is 13.5. The number of hydrogen-bond acceptors (Lipinski definition) is 6. The molecule has 0 radical (unpaired) electrons. The Balaban J connectivity index is 0.000000161. The zero-order chi connectivity index (χ0) is 20.1. The van der Waals surface area contributed by atoms with Crippen LogP contribution in [0.4, 0.5) is 22.7 Å². The molecule has 0 spiro atoms. The number of nitrogens with zero attached hydrogens (tertiary/aromatic N) is 1. The van der Waals surface area contributed by atoms with Crippen LogP contribution in [0.5, 0.6) is 0 Å². The average molecular weight is 376 g/mol. The molecule has 3 aromatic carbocycles. The molecular formula is C21H20N4O3. The lowest BCUT2D eigenvalue weighted by Crippen LogP contribution is -2.02. The molecule has 0 bridgehead atoms. The fourth-order valence-electron chi connectivity index (χ4n) is 2.93. The summed E-state index contributed by atoms with van der Waals surface area (Å²) in [5.74, 6) is -0.259. The van der Waals surface area contributed by atoms with Crippen molar-refractivity contribution in [3.8, 4) is 11.1 Å². The molecule has 0 amide bonds. The predicted molar refractivity (Wildman–Crippen MR) is 111 cm³/mol. The topological polar surface area (TPSA) is 124 Å². The van der Waals surface area contributed by atoms with Gasteiger partial charge in [0.05, 0.1) is 10.8 Å². The number of carbonyl (C=O) groups excluding carboxylic acids is 1. The molecule has 7 heteroatoms. The van der Waals surface area contributed by atoms with Gasteiger partial charge in [0.1, 0.15) is 6.29 Å². The summed E-state index contributed by atoms with van der Waals surface area (Å²) in [7, 11) is 0. The van der Waals surface area contributed by atoms with E-state index in [2.05, 4.69) is 5.32 Å². The Morgan fingerprint density at radius 3 is 1.93 bits per heavy atom. The molecule has 4 rings (SSSR count). The minimum Gasteiger partial charge on any atom is -0.399 e. The Labute approximate surface area is 162 Å². The molecule has 7 nitrogen and oxygen atoms in total. The van der Waals surface area contributed by atoms with Crippen molar-refractivity contribution in [3.05, 3.63) is 82.4 Å². The number of nitro groups is 1. The number of non-ortho nitro benzene ring substituents is 1. The van der Waals surface area contributed by atoms with Gasteiger partial charge in [0.2, 0.25) is 0 Å². The first-order chi connectivity index (χ1) is 13.5. The highest BCUT2D eigenvalue weighted by Crippen LogP contribution is 2.32. The van der Waals surface area contributed by atoms with Crippen LogP contribution in [0.1, 0.15) is 11.5 Å². The van der Waals surface area contributed by atoms with E-state index in [1.807, 2.05) is 48.5 Å². The van der Waals surface area contributed by atoms with Crippen LogP contribution >= 0.6 is 0 Å². The van der Waals surface area contributed by atoms with E-state index in [0.29, 0.717) is 12.1 Å². The van der Waals surface area contributed by atoms with Crippen molar-refractivity contribution in [1.29, 1.82) is 0 Å². The molecule has 0 fully saturated rings. The zero-order valence-electron chi connectivity index (χ0n) is 15.0. The van der Waals surface area contributed by atoms with Crippen LogP contribution in [-0.2, 0) is 4.79 Å². The van der Waals surface area contributed by atoms with Crippen LogP contribution in [0.3, 0.4) is 0 Å². The van der Waals surface area contributed by atoms with E-state index in [-0.39, 0.29) is 11.6 Å². The number of aldehydes is 1. The van der Waals surface area contributed by atoms with Gasteiger partial charge in [-0.3, -0.25) is 10.1 Å². The minimum atomic E-state index is -0.458. The highest BCUT2D eigenvalue weighted by atomic mass is 16.6. The number of rotatable bonds is 3. The van der Waals surface area contributed by atoms with E-state index in [9.17, 15) is 14.9 Å². The van der Waals surface area contributed by atoms with Gasteiger partial charge in [0.25, 0.3) is 5.69 Å². The Morgan fingerprint density at radius 1 is 0.929 bits per heavy atom. The molecule has 0 aliphatic carbocycles. The van der Waals surface area contributed by atoms with Gasteiger partial charge in [-0.15, -0.1) is 0 Å². The smallest absolute Gasteiger partial charge is 0.269 e. The van der Waals surface area contributed by atoms with E-state index in [0.717, 1.165) is 34.5 Å². The number of fused-ring (bicyclic) bond motifs is 1. The molecule has 3 aromatic rings. The maximum absolute atomic E-state index is 10.6. The molecule has 1 aliphatic heterocycles. The normalized spacial score (nSPS) is 14.2. The molecule has 1 atom stereocenters. The van der Waals surface area contributed by atoms with Crippen LogP contribution in [0.15, 0.2) is 66.7 Å². The van der Waals surface area contributed by atoms with E-state index in [4.69, 9.17) is 11.5 Å². The number of nitrogen functional groups attached to an aromatic ring is 2. The molecular weight excluding hydrogens is 356 g/mol. The summed E-state index contributed by atoms with van der Waals surface area (Å²) in [6.45, 7) is 0.528. The average Bonchev–Trinajstić information content (AvgIpc) is 3.12. The second-order valence-corrected chi connectivity index (χ2v) is 6.40. The van der Waals surface area contributed by atoms with Crippen molar-refractivity contribution >= 4 is 29.0 Å². The second-order valence-electron chi connectivity index (χ2n) is 6.40. The van der Waals surface area contributed by atoms with E-state index in [1.54, 1.807) is 6.07 Å². The van der Waals surface area contributed by atoms with Gasteiger partial charge in [-0.05, 0) is 47.0 Å². The van der Waals surface area contributed by atoms with Crippen LogP contribution in [-0.4, -0.2) is 17.8 Å². The van der Waals surface area contributed by atoms with Crippen molar-refractivity contribution in [3.63, 3.8) is 0 Å². The standard InChI is InChI=1S/C12H12N2.C9H8N2O3/c13-11-5-1-9(2-6-11)10-3-7-12(14)8-4-10;12-5-6-4-10-9-2-1-7(11(13)14)3-8(6)9/h1-8H,13-14H2;1-3,5-6,10H,4H2. The fourth-order valence-corrected chi connectivity index (χ4v) is 2.93. The number of benzene rings is 3. The van der Waals surface area contributed by atoms with Gasteiger partial charge in [0, 0.05) is 35.7 Å². The molecule has 142 valence electrons. The third kappa shape index (κ3) is 4.27. The van der Waals surface area contributed by atoms with Crippen molar-refractivity contribution in [2.75, 3.05) is 23.3 Å². The van der Waals surface area contributed by atoms with Gasteiger partial charge in [-0.1, -0.05) is 24.3 Å². The van der Waals surface area contributed by atoms with Crippen molar-refractivity contribution in [1.82, 2.24) is 0 Å². The summed E-state index contributed by atoms with van der Waals surface area (Å²) in [5.41, 5.74) is 16.6. The second kappa shape index (κ2) is 8.22. The Kier molecular flexibility index (Phi) is 5.55. The summed E-state index contributed by atoms with van der Waals surface area (Å²) in [4.78, 5) is 20.7. The number of carbonyl (C=O) groups is 1. The van der Waals surface area contributed by atoms with Gasteiger partial charge < -0.3 is 21.6 Å². The predicted octanol–water partition coefficient (Wildman–Crippen LogP) is 3.82. The van der Waals surface area contributed by atoms with Crippen molar-refractivity contribution < 1.29 is 9.72 Å². The monoisotopic (exact) mass is 376 g/mol. The van der Waals surface area contributed by atoms with Crippen LogP contribution in [0.2, 0.25) is 0 Å². The largest absolute Gasteiger partial charge is 0.399 e. The van der Waals surface area contributed by atoms with E-state index >= 15 is 0 Å². The lowest BCUT2D eigenvalue weighted by atomic mass is 10.0. The van der Waals surface area contributed by atoms with Crippen molar-refractivity contribution in [2.45, 2.75) is 5.92 Å². The molecule has 0 aromatic heterocycles. The summed E-state index contributed by atoms with van der Waals surface area (Å²) in [6, 6.07) is 20.1. The number of nitro benzene ring substituents is 1. The summed E-state index contributed by atoms with van der Waals surface area (Å²) in [6.07, 6.45) is 0.808. The summed E-state index contributed by atoms with van der Waals surface area (Å²) >= 11 is 0. The van der Waals surface area contributed by atoms with Crippen molar-refractivity contribution in [2.24, 2.45) is 0 Å². The zero-order valence-corrected chi connectivity index (χ0v) is 15.0. The quantitative estimate of drug-likeness (QED) is 0.276. The van der Waals surface area contributed by atoms with Crippen LogP contribution < -0.4 is 16.8 Å². The fraction of sp³-hybridized carbons (Fsp3) is 0.0952. The number of nitrogens with two attached hydrogens (primary N) is 2. The van der Waals surface area contributed by atoms with Gasteiger partial charge >= 0.3 is 0 Å². The van der Waals surface area contributed by atoms with Gasteiger partial charge in [-0.2, -0.15) is 0 Å². The first-order valence-corrected chi connectivity index (χ1v) is 8.67. The lowest BCUT2D eigenvalue weighted by molar-refractivity contribution is -0.384. The molecule has 0 saturated carbocycles. The maximum atomic E-state index is 10.6. The lowest BCUT2D eigenvalue weighted by Gasteiger charge is -2.02. The third-order valence-electron chi connectivity index (χ3n) is 4.48. The highest BCUT2D eigenvalue weighted by Gasteiger charge is 2.23. The van der Waals surface area contributed by atoms with Gasteiger partial charge in [-0.25, -0.2) is 0 Å². The molecule has 1 unspecified atom stereocenters.